The fourth-order valence-electron chi connectivity index (χ4n) is 3.49. The summed E-state index contributed by atoms with van der Waals surface area (Å²) < 4.78 is 0. The van der Waals surface area contributed by atoms with Crippen LogP contribution in [0, 0.1) is 0 Å². The van der Waals surface area contributed by atoms with Gasteiger partial charge in [-0.2, -0.15) is 0 Å². The first-order valence-corrected chi connectivity index (χ1v) is 9.53. The van der Waals surface area contributed by atoms with Gasteiger partial charge < -0.3 is 15.1 Å². The second-order valence-corrected chi connectivity index (χ2v) is 6.84. The number of hydrogen-bond donors (Lipinski definition) is 1. The molecule has 0 aliphatic carbocycles. The number of hydrogen-bond acceptors (Lipinski definition) is 2. The fourth-order valence-corrected chi connectivity index (χ4v) is 3.49. The molecule has 0 saturated heterocycles. The number of carbonyl (C=O) groups excluding carboxylic acids is 1. The second kappa shape index (κ2) is 11.0. The van der Waals surface area contributed by atoms with Gasteiger partial charge in [0.25, 0.3) is 0 Å². The van der Waals surface area contributed by atoms with Gasteiger partial charge in [-0.3, -0.25) is 9.79 Å². The van der Waals surface area contributed by atoms with Crippen LogP contribution in [0.15, 0.2) is 59.6 Å². The van der Waals surface area contributed by atoms with Gasteiger partial charge in [0.2, 0.25) is 5.91 Å². The Morgan fingerprint density at radius 3 is 2.61 bits per heavy atom. The molecule has 0 saturated carbocycles. The van der Waals surface area contributed by atoms with Crippen LogP contribution in [0.5, 0.6) is 0 Å². The van der Waals surface area contributed by atoms with E-state index < -0.39 is 0 Å². The molecule has 1 heterocycles. The van der Waals surface area contributed by atoms with Gasteiger partial charge in [-0.25, -0.2) is 0 Å². The molecule has 150 valence electrons. The summed E-state index contributed by atoms with van der Waals surface area (Å²) >= 11 is 0. The molecule has 2 aromatic carbocycles. The zero-order valence-corrected chi connectivity index (χ0v) is 18.9. The summed E-state index contributed by atoms with van der Waals surface area (Å²) in [5.41, 5.74) is 3.59. The lowest BCUT2D eigenvalue weighted by Crippen LogP contribution is -2.39. The number of benzene rings is 2. The van der Waals surface area contributed by atoms with E-state index in [-0.39, 0.29) is 29.9 Å². The van der Waals surface area contributed by atoms with Crippen LogP contribution < -0.4 is 10.2 Å². The first kappa shape index (κ1) is 22.2. The summed E-state index contributed by atoms with van der Waals surface area (Å²) in [5, 5.41) is 3.36. The predicted molar refractivity (Wildman–Crippen MR) is 126 cm³/mol. The number of halogens is 1. The number of anilines is 1. The van der Waals surface area contributed by atoms with Gasteiger partial charge in [-0.15, -0.1) is 24.0 Å². The molecule has 1 aliphatic heterocycles. The number of para-hydroxylation sites is 1. The molecule has 0 bridgehead atoms. The second-order valence-electron chi connectivity index (χ2n) is 6.84. The molecular formula is C22H29IN4O. The van der Waals surface area contributed by atoms with Gasteiger partial charge in [0, 0.05) is 45.8 Å². The van der Waals surface area contributed by atoms with Gasteiger partial charge in [0.05, 0.1) is 0 Å². The van der Waals surface area contributed by atoms with Crippen LogP contribution in [0.1, 0.15) is 24.0 Å². The average Bonchev–Trinajstić information content (AvgIpc) is 3.13. The highest BCUT2D eigenvalue weighted by Gasteiger charge is 2.23. The summed E-state index contributed by atoms with van der Waals surface area (Å²) in [7, 11) is 3.81. The van der Waals surface area contributed by atoms with Crippen molar-refractivity contribution in [2.45, 2.75) is 25.8 Å². The molecule has 0 atom stereocenters. The van der Waals surface area contributed by atoms with Crippen molar-refractivity contribution >= 4 is 41.5 Å². The average molecular weight is 492 g/mol. The predicted octanol–water partition coefficient (Wildman–Crippen LogP) is 3.68. The van der Waals surface area contributed by atoms with Gasteiger partial charge in [-0.1, -0.05) is 48.5 Å². The lowest BCUT2D eigenvalue weighted by atomic mass is 10.2. The van der Waals surface area contributed by atoms with E-state index in [4.69, 9.17) is 0 Å². The third kappa shape index (κ3) is 5.70. The van der Waals surface area contributed by atoms with E-state index in [1.165, 1.54) is 11.1 Å². The molecule has 1 amide bonds. The van der Waals surface area contributed by atoms with Crippen LogP contribution >= 0.6 is 24.0 Å². The van der Waals surface area contributed by atoms with Crippen molar-refractivity contribution in [3.05, 3.63) is 65.7 Å². The highest BCUT2D eigenvalue weighted by atomic mass is 127. The summed E-state index contributed by atoms with van der Waals surface area (Å²) in [5.74, 6) is 1.05. The van der Waals surface area contributed by atoms with Crippen molar-refractivity contribution in [1.29, 1.82) is 0 Å². The molecule has 28 heavy (non-hydrogen) atoms. The van der Waals surface area contributed by atoms with Crippen LogP contribution in [0.25, 0.3) is 0 Å². The number of amides is 1. The van der Waals surface area contributed by atoms with Gasteiger partial charge in [-0.05, 0) is 30.0 Å². The molecule has 3 rings (SSSR count). The van der Waals surface area contributed by atoms with E-state index in [2.05, 4.69) is 33.4 Å². The standard InChI is InChI=1S/C22H28N4O.HI/c1-23-22(25(2)17-18-9-4-3-5-10-18)24-15-8-13-21(27)26-16-14-19-11-6-7-12-20(19)26;/h3-7,9-12H,8,13-17H2,1-2H3,(H,23,24);1H. The van der Waals surface area contributed by atoms with Crippen molar-refractivity contribution in [1.82, 2.24) is 10.2 Å². The molecule has 0 aromatic heterocycles. The molecule has 0 unspecified atom stereocenters. The molecule has 0 fully saturated rings. The van der Waals surface area contributed by atoms with Gasteiger partial charge in [0.15, 0.2) is 5.96 Å². The Morgan fingerprint density at radius 1 is 1.14 bits per heavy atom. The number of rotatable bonds is 6. The lowest BCUT2D eigenvalue weighted by molar-refractivity contribution is -0.118. The van der Waals surface area contributed by atoms with Crippen molar-refractivity contribution in [2.75, 3.05) is 32.1 Å². The van der Waals surface area contributed by atoms with E-state index >= 15 is 0 Å². The highest BCUT2D eigenvalue weighted by Crippen LogP contribution is 2.27. The Kier molecular flexibility index (Phi) is 8.76. The smallest absolute Gasteiger partial charge is 0.227 e. The number of aliphatic imine (C=N–C) groups is 1. The van der Waals surface area contributed by atoms with E-state index in [0.29, 0.717) is 6.42 Å². The Bertz CT molecular complexity index is 794. The number of carbonyl (C=O) groups is 1. The van der Waals surface area contributed by atoms with E-state index in [9.17, 15) is 4.79 Å². The molecule has 1 aliphatic rings. The van der Waals surface area contributed by atoms with Crippen LogP contribution in [0.2, 0.25) is 0 Å². The molecule has 0 spiro atoms. The Balaban J connectivity index is 0.00000280. The van der Waals surface area contributed by atoms with Crippen LogP contribution in [0.3, 0.4) is 0 Å². The van der Waals surface area contributed by atoms with Crippen LogP contribution in [-0.2, 0) is 17.8 Å². The fraction of sp³-hybridized carbons (Fsp3) is 0.364. The summed E-state index contributed by atoms with van der Waals surface area (Å²) in [6.45, 7) is 2.32. The Morgan fingerprint density at radius 2 is 1.86 bits per heavy atom. The summed E-state index contributed by atoms with van der Waals surface area (Å²) in [6.07, 6.45) is 2.29. The normalized spacial score (nSPS) is 12.9. The minimum Gasteiger partial charge on any atom is -0.356 e. The zero-order chi connectivity index (χ0) is 19.1. The van der Waals surface area contributed by atoms with Crippen molar-refractivity contribution < 1.29 is 4.79 Å². The first-order chi connectivity index (χ1) is 13.2. The van der Waals surface area contributed by atoms with Crippen LogP contribution in [-0.4, -0.2) is 44.0 Å². The molecule has 0 radical (unpaired) electrons. The first-order valence-electron chi connectivity index (χ1n) is 9.53. The van der Waals surface area contributed by atoms with Gasteiger partial charge >= 0.3 is 0 Å². The quantitative estimate of drug-likeness (QED) is 0.290. The lowest BCUT2D eigenvalue weighted by Gasteiger charge is -2.22. The topological polar surface area (TPSA) is 47.9 Å². The molecule has 5 nitrogen and oxygen atoms in total. The molecule has 1 N–H and O–H groups in total. The molecular weight excluding hydrogens is 463 g/mol. The maximum Gasteiger partial charge on any atom is 0.227 e. The number of fused-ring (bicyclic) bond motifs is 1. The molecule has 6 heteroatoms. The maximum absolute atomic E-state index is 12.6. The van der Waals surface area contributed by atoms with E-state index in [1.54, 1.807) is 7.05 Å². The minimum atomic E-state index is 0. The zero-order valence-electron chi connectivity index (χ0n) is 16.6. The Hall–Kier alpha value is -2.09. The third-order valence-electron chi connectivity index (χ3n) is 4.87. The number of nitrogens with one attached hydrogen (secondary N) is 1. The largest absolute Gasteiger partial charge is 0.356 e. The maximum atomic E-state index is 12.6. The summed E-state index contributed by atoms with van der Waals surface area (Å²) in [6, 6.07) is 18.5. The highest BCUT2D eigenvalue weighted by molar-refractivity contribution is 14.0. The van der Waals surface area contributed by atoms with E-state index in [1.807, 2.05) is 48.3 Å². The minimum absolute atomic E-state index is 0. The van der Waals surface area contributed by atoms with Gasteiger partial charge in [0.1, 0.15) is 0 Å². The van der Waals surface area contributed by atoms with Crippen LogP contribution in [0.4, 0.5) is 5.69 Å². The van der Waals surface area contributed by atoms with Crippen molar-refractivity contribution in [2.24, 2.45) is 4.99 Å². The number of guanidine groups is 1. The van der Waals surface area contributed by atoms with Crippen molar-refractivity contribution in [3.8, 4) is 0 Å². The SMILES string of the molecule is CN=C(NCCCC(=O)N1CCc2ccccc21)N(C)Cc1ccccc1.I. The van der Waals surface area contributed by atoms with Crippen molar-refractivity contribution in [3.63, 3.8) is 0 Å². The molecule has 2 aromatic rings. The Labute approximate surface area is 184 Å². The van der Waals surface area contributed by atoms with E-state index in [0.717, 1.165) is 44.1 Å². The third-order valence-corrected chi connectivity index (χ3v) is 4.87. The number of nitrogens with zero attached hydrogens (tertiary/aromatic N) is 3. The monoisotopic (exact) mass is 492 g/mol. The summed E-state index contributed by atoms with van der Waals surface area (Å²) in [4.78, 5) is 20.9.